The molecule has 0 amide bonds. The fraction of sp³-hybridized carbons (Fsp3) is 0.750. The lowest BCUT2D eigenvalue weighted by atomic mass is 9.61. The minimum Gasteiger partial charge on any atom is -0.393 e. The molecule has 0 aliphatic heterocycles. The summed E-state index contributed by atoms with van der Waals surface area (Å²) in [4.78, 5) is 0. The highest BCUT2D eigenvalue weighted by atomic mass is 16.3. The van der Waals surface area contributed by atoms with E-state index in [2.05, 4.69) is 58.3 Å². The number of hydrogen-bond donors (Lipinski definition) is 3. The Hall–Kier alpha value is -1.34. The SMILES string of the molecule is C=C1/C(=C\C=C2/CCC[C@]3(C)[C@@H]([C@@H](C)C#CCCCCC(O)(CC)CC)CC[C@@H]23)C[C@@H](O)C[C@@H]1O. The Labute approximate surface area is 214 Å². The van der Waals surface area contributed by atoms with Crippen molar-refractivity contribution in [2.24, 2.45) is 23.2 Å². The maximum absolute atomic E-state index is 10.5. The molecule has 0 saturated heterocycles. The van der Waals surface area contributed by atoms with Gasteiger partial charge in [-0.3, -0.25) is 0 Å². The average Bonchev–Trinajstić information content (AvgIpc) is 3.19. The van der Waals surface area contributed by atoms with Crippen molar-refractivity contribution in [2.75, 3.05) is 0 Å². The highest BCUT2D eigenvalue weighted by Crippen LogP contribution is 2.59. The lowest BCUT2D eigenvalue weighted by molar-refractivity contribution is 0.0213. The van der Waals surface area contributed by atoms with Crippen molar-refractivity contribution in [3.63, 3.8) is 0 Å². The molecule has 3 heteroatoms. The summed E-state index contributed by atoms with van der Waals surface area (Å²) in [5.74, 6) is 8.74. The van der Waals surface area contributed by atoms with Crippen molar-refractivity contribution >= 4 is 0 Å². The molecule has 3 aliphatic carbocycles. The molecular weight excluding hydrogens is 432 g/mol. The maximum Gasteiger partial charge on any atom is 0.0811 e. The second-order valence-electron chi connectivity index (χ2n) is 11.9. The van der Waals surface area contributed by atoms with Gasteiger partial charge in [-0.1, -0.05) is 57.9 Å². The maximum atomic E-state index is 10.5. The molecule has 0 heterocycles. The van der Waals surface area contributed by atoms with E-state index in [0.717, 1.165) is 56.1 Å². The number of rotatable bonds is 8. The monoisotopic (exact) mass is 482 g/mol. The third-order valence-electron chi connectivity index (χ3n) is 9.75. The van der Waals surface area contributed by atoms with Gasteiger partial charge in [-0.05, 0) is 99.0 Å². The number of unbranched alkanes of at least 4 members (excludes halogenated alkanes) is 2. The van der Waals surface area contributed by atoms with Crippen molar-refractivity contribution in [1.29, 1.82) is 0 Å². The molecule has 3 N–H and O–H groups in total. The third-order valence-corrected chi connectivity index (χ3v) is 9.75. The van der Waals surface area contributed by atoms with Crippen molar-refractivity contribution in [2.45, 2.75) is 129 Å². The normalized spacial score (nSPS) is 34.5. The summed E-state index contributed by atoms with van der Waals surface area (Å²) >= 11 is 0. The number of allylic oxidation sites excluding steroid dienone is 3. The lowest BCUT2D eigenvalue weighted by Crippen LogP contribution is -2.35. The highest BCUT2D eigenvalue weighted by Gasteiger charge is 2.50. The summed E-state index contributed by atoms with van der Waals surface area (Å²) in [5, 5.41) is 30.7. The van der Waals surface area contributed by atoms with Crippen LogP contribution in [0.5, 0.6) is 0 Å². The van der Waals surface area contributed by atoms with Gasteiger partial charge in [-0.15, -0.1) is 5.92 Å². The first-order valence-electron chi connectivity index (χ1n) is 14.3. The van der Waals surface area contributed by atoms with Gasteiger partial charge in [-0.25, -0.2) is 0 Å². The molecule has 3 fully saturated rings. The van der Waals surface area contributed by atoms with Gasteiger partial charge in [0.1, 0.15) is 0 Å². The standard InChI is InChI=1S/C32H50O3/c1-6-32(35,7-2)20-11-9-8-10-13-23(3)28-17-18-29-25(14-12-19-31(28,29)5)15-16-26-21-27(33)22-30(34)24(26)4/h15-16,23,27-30,33-35H,4,6-9,11-12,14,17-22H2,1-3,5H3/b25-15+,26-16-/t23-,27+,28+,29-,30-,31+/m0/s1. The Kier molecular flexibility index (Phi) is 9.90. The Balaban J connectivity index is 1.60. The van der Waals surface area contributed by atoms with Gasteiger partial charge >= 0.3 is 0 Å². The van der Waals surface area contributed by atoms with E-state index in [-0.39, 0.29) is 0 Å². The smallest absolute Gasteiger partial charge is 0.0811 e. The minimum absolute atomic E-state index is 0.304. The van der Waals surface area contributed by atoms with E-state index >= 15 is 0 Å². The van der Waals surface area contributed by atoms with E-state index in [1.54, 1.807) is 0 Å². The number of aliphatic hydroxyl groups is 3. The highest BCUT2D eigenvalue weighted by molar-refractivity contribution is 5.38. The van der Waals surface area contributed by atoms with Crippen molar-refractivity contribution < 1.29 is 15.3 Å². The third kappa shape index (κ3) is 6.71. The Morgan fingerprint density at radius 1 is 1.17 bits per heavy atom. The van der Waals surface area contributed by atoms with E-state index < -0.39 is 17.8 Å². The van der Waals surface area contributed by atoms with E-state index in [9.17, 15) is 15.3 Å². The molecular formula is C32H50O3. The van der Waals surface area contributed by atoms with Gasteiger partial charge in [0.05, 0.1) is 17.8 Å². The van der Waals surface area contributed by atoms with Crippen LogP contribution in [0.15, 0.2) is 35.5 Å². The summed E-state index contributed by atoms with van der Waals surface area (Å²) < 4.78 is 0. The van der Waals surface area contributed by atoms with Crippen LogP contribution in [-0.2, 0) is 0 Å². The van der Waals surface area contributed by atoms with Crippen LogP contribution in [0.2, 0.25) is 0 Å². The predicted octanol–water partition coefficient (Wildman–Crippen LogP) is 6.88. The Morgan fingerprint density at radius 3 is 2.63 bits per heavy atom. The van der Waals surface area contributed by atoms with Gasteiger partial charge in [0.2, 0.25) is 0 Å². The molecule has 3 rings (SSSR count). The average molecular weight is 483 g/mol. The molecule has 3 aliphatic rings. The quantitative estimate of drug-likeness (QED) is 0.261. The summed E-state index contributed by atoms with van der Waals surface area (Å²) in [6, 6.07) is 0. The van der Waals surface area contributed by atoms with Crippen LogP contribution >= 0.6 is 0 Å². The molecule has 0 aromatic heterocycles. The Bertz CT molecular complexity index is 852. The molecule has 0 unspecified atom stereocenters. The van der Waals surface area contributed by atoms with Crippen LogP contribution < -0.4 is 0 Å². The molecule has 35 heavy (non-hydrogen) atoms. The summed E-state index contributed by atoms with van der Waals surface area (Å²) in [6.45, 7) is 13.0. The van der Waals surface area contributed by atoms with Crippen LogP contribution in [0, 0.1) is 35.0 Å². The van der Waals surface area contributed by atoms with Gasteiger partial charge in [0.25, 0.3) is 0 Å². The molecule has 0 bridgehead atoms. The second kappa shape index (κ2) is 12.3. The van der Waals surface area contributed by atoms with Crippen molar-refractivity contribution in [3.8, 4) is 11.8 Å². The van der Waals surface area contributed by atoms with Crippen LogP contribution in [0.4, 0.5) is 0 Å². The van der Waals surface area contributed by atoms with E-state index in [4.69, 9.17) is 0 Å². The summed E-state index contributed by atoms with van der Waals surface area (Å²) in [6.07, 6.45) is 16.0. The predicted molar refractivity (Wildman–Crippen MR) is 146 cm³/mol. The van der Waals surface area contributed by atoms with Crippen LogP contribution in [0.3, 0.4) is 0 Å². The van der Waals surface area contributed by atoms with Gasteiger partial charge < -0.3 is 15.3 Å². The van der Waals surface area contributed by atoms with Crippen molar-refractivity contribution in [3.05, 3.63) is 35.5 Å². The summed E-state index contributed by atoms with van der Waals surface area (Å²) in [5.41, 5.74) is 3.13. The van der Waals surface area contributed by atoms with Crippen molar-refractivity contribution in [1.82, 2.24) is 0 Å². The van der Waals surface area contributed by atoms with Gasteiger partial charge in [-0.2, -0.15) is 0 Å². The lowest BCUT2D eigenvalue weighted by Gasteiger charge is -2.43. The number of hydrogen-bond acceptors (Lipinski definition) is 3. The Morgan fingerprint density at radius 2 is 1.91 bits per heavy atom. The van der Waals surface area contributed by atoms with E-state index in [1.807, 2.05) is 0 Å². The molecule has 3 nitrogen and oxygen atoms in total. The first kappa shape index (κ1) is 28.2. The molecule has 0 radical (unpaired) electrons. The molecule has 6 atom stereocenters. The summed E-state index contributed by atoms with van der Waals surface area (Å²) in [7, 11) is 0. The molecule has 0 aromatic rings. The topological polar surface area (TPSA) is 60.7 Å². The minimum atomic E-state index is -0.625. The second-order valence-corrected chi connectivity index (χ2v) is 11.9. The van der Waals surface area contributed by atoms with Crippen LogP contribution in [0.25, 0.3) is 0 Å². The molecule has 196 valence electrons. The van der Waals surface area contributed by atoms with E-state index in [0.29, 0.717) is 36.0 Å². The molecule has 3 saturated carbocycles. The fourth-order valence-electron chi connectivity index (χ4n) is 7.17. The largest absolute Gasteiger partial charge is 0.393 e. The number of aliphatic hydroxyl groups excluding tert-OH is 2. The van der Waals surface area contributed by atoms with Gasteiger partial charge in [0.15, 0.2) is 0 Å². The van der Waals surface area contributed by atoms with Gasteiger partial charge in [0, 0.05) is 18.8 Å². The first-order valence-corrected chi connectivity index (χ1v) is 14.3. The van der Waals surface area contributed by atoms with E-state index in [1.165, 1.54) is 31.3 Å². The zero-order valence-electron chi connectivity index (χ0n) is 22.8. The van der Waals surface area contributed by atoms with Crippen LogP contribution in [-0.4, -0.2) is 33.1 Å². The van der Waals surface area contributed by atoms with Crippen LogP contribution in [0.1, 0.15) is 111 Å². The number of fused-ring (bicyclic) bond motifs is 1. The molecule has 0 spiro atoms. The first-order chi connectivity index (χ1) is 16.6. The molecule has 0 aromatic carbocycles. The zero-order valence-corrected chi connectivity index (χ0v) is 22.8. The fourth-order valence-corrected chi connectivity index (χ4v) is 7.17. The zero-order chi connectivity index (χ0) is 25.6.